The normalized spacial score (nSPS) is 10.3. The number of anilines is 1. The molecule has 0 atom stereocenters. The van der Waals surface area contributed by atoms with E-state index in [1.165, 1.54) is 12.1 Å². The molecule has 0 fully saturated rings. The first-order valence-corrected chi connectivity index (χ1v) is 8.43. The molecule has 6 heteroatoms. The summed E-state index contributed by atoms with van der Waals surface area (Å²) < 4.78 is 5.79. The lowest BCUT2D eigenvalue weighted by Gasteiger charge is -2.10. The van der Waals surface area contributed by atoms with Crippen LogP contribution in [0.3, 0.4) is 0 Å². The van der Waals surface area contributed by atoms with Crippen LogP contribution in [-0.2, 0) is 13.2 Å². The van der Waals surface area contributed by atoms with Gasteiger partial charge in [-0.25, -0.2) is 0 Å². The maximum Gasteiger partial charge on any atom is 0.269 e. The molecule has 132 valence electrons. The third kappa shape index (κ3) is 4.74. The fourth-order valence-electron chi connectivity index (χ4n) is 2.43. The summed E-state index contributed by atoms with van der Waals surface area (Å²) in [4.78, 5) is 10.3. The topological polar surface area (TPSA) is 64.4 Å². The quantitative estimate of drug-likeness (QED) is 0.445. The molecule has 3 rings (SSSR count). The average molecular weight is 369 g/mol. The molecule has 3 aromatic carbocycles. The molecule has 5 nitrogen and oxygen atoms in total. The van der Waals surface area contributed by atoms with E-state index in [0.29, 0.717) is 18.2 Å². The van der Waals surface area contributed by atoms with Crippen LogP contribution in [0.1, 0.15) is 11.1 Å². The summed E-state index contributed by atoms with van der Waals surface area (Å²) in [5.74, 6) is 0.738. The number of rotatable bonds is 7. The van der Waals surface area contributed by atoms with Crippen LogP contribution in [0.2, 0.25) is 5.02 Å². The molecule has 0 spiro atoms. The van der Waals surface area contributed by atoms with E-state index in [-0.39, 0.29) is 5.69 Å². The Labute approximate surface area is 156 Å². The van der Waals surface area contributed by atoms with Crippen molar-refractivity contribution >= 4 is 23.0 Å². The van der Waals surface area contributed by atoms with E-state index in [0.717, 1.165) is 22.6 Å². The number of nitro benzene ring substituents is 1. The summed E-state index contributed by atoms with van der Waals surface area (Å²) in [6.07, 6.45) is 0. The Morgan fingerprint density at radius 3 is 2.46 bits per heavy atom. The highest BCUT2D eigenvalue weighted by Gasteiger charge is 2.05. The standard InChI is InChI=1S/C20H17ClN2O3/c21-19-6-1-2-7-20(19)22-13-16-4-3-5-18(12-16)26-14-15-8-10-17(11-9-15)23(24)25/h1-12,22H,13-14H2. The van der Waals surface area contributed by atoms with Gasteiger partial charge in [-0.15, -0.1) is 0 Å². The van der Waals surface area contributed by atoms with Crippen molar-refractivity contribution in [3.05, 3.63) is 99.1 Å². The van der Waals surface area contributed by atoms with E-state index in [2.05, 4.69) is 5.32 Å². The van der Waals surface area contributed by atoms with Crippen LogP contribution in [0.4, 0.5) is 11.4 Å². The zero-order valence-corrected chi connectivity index (χ0v) is 14.6. The summed E-state index contributed by atoms with van der Waals surface area (Å²) >= 11 is 6.14. The molecule has 0 amide bonds. The Balaban J connectivity index is 1.58. The minimum absolute atomic E-state index is 0.0707. The van der Waals surface area contributed by atoms with Gasteiger partial charge < -0.3 is 10.1 Å². The number of nitrogens with zero attached hydrogens (tertiary/aromatic N) is 1. The monoisotopic (exact) mass is 368 g/mol. The van der Waals surface area contributed by atoms with Gasteiger partial charge in [0.2, 0.25) is 0 Å². The van der Waals surface area contributed by atoms with Crippen molar-refractivity contribution < 1.29 is 9.66 Å². The highest BCUT2D eigenvalue weighted by Crippen LogP contribution is 2.22. The van der Waals surface area contributed by atoms with Crippen LogP contribution < -0.4 is 10.1 Å². The van der Waals surface area contributed by atoms with E-state index in [1.807, 2.05) is 48.5 Å². The van der Waals surface area contributed by atoms with Crippen LogP contribution in [0.15, 0.2) is 72.8 Å². The SMILES string of the molecule is O=[N+]([O-])c1ccc(COc2cccc(CNc3ccccc3Cl)c2)cc1. The van der Waals surface area contributed by atoms with Gasteiger partial charge in [-0.2, -0.15) is 0 Å². The number of nitrogens with one attached hydrogen (secondary N) is 1. The van der Waals surface area contributed by atoms with Crippen molar-refractivity contribution in [1.29, 1.82) is 0 Å². The summed E-state index contributed by atoms with van der Waals surface area (Å²) in [6.45, 7) is 0.970. The third-order valence-electron chi connectivity index (χ3n) is 3.81. The Morgan fingerprint density at radius 1 is 0.962 bits per heavy atom. The molecule has 0 bridgehead atoms. The molecular weight excluding hydrogens is 352 g/mol. The second kappa shape index (κ2) is 8.36. The fraction of sp³-hybridized carbons (Fsp3) is 0.100. The van der Waals surface area contributed by atoms with Crippen molar-refractivity contribution in [2.45, 2.75) is 13.2 Å². The molecule has 0 saturated carbocycles. The van der Waals surface area contributed by atoms with Gasteiger partial charge in [0.15, 0.2) is 0 Å². The summed E-state index contributed by atoms with van der Waals surface area (Å²) in [5.41, 5.74) is 2.88. The molecule has 0 aromatic heterocycles. The molecule has 0 heterocycles. The molecule has 0 saturated heterocycles. The van der Waals surface area contributed by atoms with Crippen LogP contribution >= 0.6 is 11.6 Å². The molecule has 0 unspecified atom stereocenters. The largest absolute Gasteiger partial charge is 0.489 e. The van der Waals surface area contributed by atoms with Crippen molar-refractivity contribution in [3.63, 3.8) is 0 Å². The Kier molecular flexibility index (Phi) is 5.71. The van der Waals surface area contributed by atoms with E-state index < -0.39 is 4.92 Å². The number of non-ortho nitro benzene ring substituents is 1. The summed E-state index contributed by atoms with van der Waals surface area (Å²) in [5, 5.41) is 14.6. The van der Waals surface area contributed by atoms with Crippen molar-refractivity contribution in [3.8, 4) is 5.75 Å². The molecule has 3 aromatic rings. The lowest BCUT2D eigenvalue weighted by atomic mass is 10.2. The Morgan fingerprint density at radius 2 is 1.73 bits per heavy atom. The lowest BCUT2D eigenvalue weighted by molar-refractivity contribution is -0.384. The summed E-state index contributed by atoms with van der Waals surface area (Å²) in [6, 6.07) is 21.7. The predicted molar refractivity (Wildman–Crippen MR) is 103 cm³/mol. The molecular formula is C20H17ClN2O3. The second-order valence-corrected chi connectivity index (χ2v) is 6.10. The first kappa shape index (κ1) is 17.8. The molecule has 0 aliphatic rings. The zero-order valence-electron chi connectivity index (χ0n) is 13.9. The van der Waals surface area contributed by atoms with Gasteiger partial charge in [0, 0.05) is 18.7 Å². The van der Waals surface area contributed by atoms with Gasteiger partial charge in [-0.3, -0.25) is 10.1 Å². The van der Waals surface area contributed by atoms with E-state index in [4.69, 9.17) is 16.3 Å². The molecule has 0 radical (unpaired) electrons. The maximum atomic E-state index is 10.7. The van der Waals surface area contributed by atoms with Crippen LogP contribution in [0.5, 0.6) is 5.75 Å². The molecule has 26 heavy (non-hydrogen) atoms. The van der Waals surface area contributed by atoms with Crippen molar-refractivity contribution in [1.82, 2.24) is 0 Å². The molecule has 0 aliphatic heterocycles. The number of nitro groups is 1. The van der Waals surface area contributed by atoms with Gasteiger partial charge in [-0.05, 0) is 47.5 Å². The Hall–Kier alpha value is -3.05. The molecule has 1 N–H and O–H groups in total. The third-order valence-corrected chi connectivity index (χ3v) is 4.14. The van der Waals surface area contributed by atoms with Gasteiger partial charge >= 0.3 is 0 Å². The number of para-hydroxylation sites is 1. The smallest absolute Gasteiger partial charge is 0.269 e. The first-order valence-electron chi connectivity index (χ1n) is 8.05. The van der Waals surface area contributed by atoms with Gasteiger partial charge in [0.25, 0.3) is 5.69 Å². The highest BCUT2D eigenvalue weighted by molar-refractivity contribution is 6.33. The number of halogens is 1. The Bertz CT molecular complexity index is 898. The lowest BCUT2D eigenvalue weighted by Crippen LogP contribution is -2.01. The fourth-order valence-corrected chi connectivity index (χ4v) is 2.63. The van der Waals surface area contributed by atoms with Crippen molar-refractivity contribution in [2.75, 3.05) is 5.32 Å². The van der Waals surface area contributed by atoms with Crippen LogP contribution in [0.25, 0.3) is 0 Å². The predicted octanol–water partition coefficient (Wildman–Crippen LogP) is 5.44. The van der Waals surface area contributed by atoms with Crippen LogP contribution in [0, 0.1) is 10.1 Å². The van der Waals surface area contributed by atoms with Crippen LogP contribution in [-0.4, -0.2) is 4.92 Å². The maximum absolute atomic E-state index is 10.7. The number of benzene rings is 3. The van der Waals surface area contributed by atoms with Crippen molar-refractivity contribution in [2.24, 2.45) is 0 Å². The second-order valence-electron chi connectivity index (χ2n) is 5.69. The number of hydrogen-bond acceptors (Lipinski definition) is 4. The zero-order chi connectivity index (χ0) is 18.4. The van der Waals surface area contributed by atoms with E-state index in [1.54, 1.807) is 12.1 Å². The molecule has 0 aliphatic carbocycles. The van der Waals surface area contributed by atoms with E-state index in [9.17, 15) is 10.1 Å². The minimum Gasteiger partial charge on any atom is -0.489 e. The van der Waals surface area contributed by atoms with Gasteiger partial charge in [0.1, 0.15) is 12.4 Å². The summed E-state index contributed by atoms with van der Waals surface area (Å²) in [7, 11) is 0. The van der Waals surface area contributed by atoms with Gasteiger partial charge in [0.05, 0.1) is 15.6 Å². The minimum atomic E-state index is -0.417. The number of hydrogen-bond donors (Lipinski definition) is 1. The highest BCUT2D eigenvalue weighted by atomic mass is 35.5. The van der Waals surface area contributed by atoms with Gasteiger partial charge in [-0.1, -0.05) is 35.9 Å². The average Bonchev–Trinajstić information content (AvgIpc) is 2.66. The van der Waals surface area contributed by atoms with E-state index >= 15 is 0 Å². The number of ether oxygens (including phenoxy) is 1. The first-order chi connectivity index (χ1) is 12.6.